The summed E-state index contributed by atoms with van der Waals surface area (Å²) in [6, 6.07) is 0. The summed E-state index contributed by atoms with van der Waals surface area (Å²) in [7, 11) is 0. The van der Waals surface area contributed by atoms with Gasteiger partial charge in [-0.3, -0.25) is 0 Å². The molecule has 0 N–H and O–H groups in total. The highest BCUT2D eigenvalue weighted by atomic mass is 14.6. The average molecular weight is 333 g/mol. The van der Waals surface area contributed by atoms with Crippen molar-refractivity contribution in [3.05, 3.63) is 0 Å². The molecular formula is C24H44. The first-order chi connectivity index (χ1) is 11.7. The second-order valence-electron chi connectivity index (χ2n) is 10.0. The summed E-state index contributed by atoms with van der Waals surface area (Å²) >= 11 is 0. The van der Waals surface area contributed by atoms with Gasteiger partial charge in [0, 0.05) is 0 Å². The zero-order valence-electron chi connectivity index (χ0n) is 16.9. The third-order valence-corrected chi connectivity index (χ3v) is 8.70. The van der Waals surface area contributed by atoms with Crippen molar-refractivity contribution in [3.63, 3.8) is 0 Å². The van der Waals surface area contributed by atoms with Crippen molar-refractivity contribution < 1.29 is 0 Å². The molecule has 0 aromatic heterocycles. The van der Waals surface area contributed by atoms with Crippen LogP contribution < -0.4 is 0 Å². The lowest BCUT2D eigenvalue weighted by atomic mass is 9.47. The number of hydrogen-bond acceptors (Lipinski definition) is 0. The fourth-order valence-corrected chi connectivity index (χ4v) is 6.78. The van der Waals surface area contributed by atoms with Crippen LogP contribution in [0.1, 0.15) is 129 Å². The van der Waals surface area contributed by atoms with Crippen molar-refractivity contribution in [2.45, 2.75) is 129 Å². The van der Waals surface area contributed by atoms with Crippen LogP contribution in [-0.2, 0) is 0 Å². The van der Waals surface area contributed by atoms with Crippen molar-refractivity contribution in [1.82, 2.24) is 0 Å². The van der Waals surface area contributed by atoms with Crippen molar-refractivity contribution in [3.8, 4) is 0 Å². The van der Waals surface area contributed by atoms with Gasteiger partial charge >= 0.3 is 0 Å². The maximum Gasteiger partial charge on any atom is -0.0269 e. The van der Waals surface area contributed by atoms with Gasteiger partial charge in [-0.05, 0) is 80.5 Å². The predicted molar refractivity (Wildman–Crippen MR) is 106 cm³/mol. The van der Waals surface area contributed by atoms with Gasteiger partial charge in [0.25, 0.3) is 0 Å². The number of fused-ring (bicyclic) bond motifs is 3. The number of hydrogen-bond donors (Lipinski definition) is 0. The normalized spacial score (nSPS) is 39.2. The summed E-state index contributed by atoms with van der Waals surface area (Å²) in [5, 5.41) is 0. The Hall–Kier alpha value is 0. The molecule has 4 rings (SSSR count). The van der Waals surface area contributed by atoms with E-state index in [0.29, 0.717) is 0 Å². The first kappa shape index (κ1) is 18.8. The minimum Gasteiger partial charge on any atom is -0.0654 e. The van der Waals surface area contributed by atoms with E-state index in [9.17, 15) is 0 Å². The smallest absolute Gasteiger partial charge is 0.0269 e. The van der Waals surface area contributed by atoms with Gasteiger partial charge in [-0.25, -0.2) is 0 Å². The molecule has 4 aliphatic rings. The van der Waals surface area contributed by atoms with Crippen LogP contribution in [0, 0.1) is 22.7 Å². The fraction of sp³-hybridized carbons (Fsp3) is 1.00. The third-order valence-electron chi connectivity index (χ3n) is 8.70. The van der Waals surface area contributed by atoms with Gasteiger partial charge < -0.3 is 0 Å². The molecule has 0 amide bonds. The molecule has 0 aromatic rings. The summed E-state index contributed by atoms with van der Waals surface area (Å²) in [5.41, 5.74) is 1.61. The molecule has 0 nitrogen and oxygen atoms in total. The predicted octanol–water partition coefficient (Wildman–Crippen LogP) is 8.29. The summed E-state index contributed by atoms with van der Waals surface area (Å²) < 4.78 is 0. The van der Waals surface area contributed by atoms with Crippen LogP contribution in [-0.4, -0.2) is 0 Å². The van der Waals surface area contributed by atoms with E-state index in [1.165, 1.54) is 44.9 Å². The first-order valence-corrected chi connectivity index (χ1v) is 11.7. The zero-order chi connectivity index (χ0) is 16.9. The molecule has 4 fully saturated rings. The maximum atomic E-state index is 2.35. The van der Waals surface area contributed by atoms with Gasteiger partial charge in [0.15, 0.2) is 0 Å². The molecule has 140 valence electrons. The molecule has 0 radical (unpaired) electrons. The van der Waals surface area contributed by atoms with E-state index in [1.54, 1.807) is 70.6 Å². The van der Waals surface area contributed by atoms with Crippen molar-refractivity contribution in [1.29, 1.82) is 0 Å². The molecular weight excluding hydrogens is 288 g/mol. The molecule has 0 aromatic carbocycles. The lowest BCUT2D eigenvalue weighted by Gasteiger charge is -2.58. The molecule has 0 spiro atoms. The quantitative estimate of drug-likeness (QED) is 0.372. The molecule has 4 aliphatic carbocycles. The molecule has 2 bridgehead atoms. The van der Waals surface area contributed by atoms with Crippen molar-refractivity contribution >= 4 is 0 Å². The van der Waals surface area contributed by atoms with Crippen LogP contribution in [0.2, 0.25) is 0 Å². The lowest BCUT2D eigenvalue weighted by Crippen LogP contribution is -2.46. The van der Waals surface area contributed by atoms with Gasteiger partial charge in [0.1, 0.15) is 0 Å². The Kier molecular flexibility index (Phi) is 6.72. The average Bonchev–Trinajstić information content (AvgIpc) is 2.64. The van der Waals surface area contributed by atoms with Gasteiger partial charge in [0.05, 0.1) is 0 Å². The van der Waals surface area contributed by atoms with Crippen LogP contribution in [0.25, 0.3) is 0 Å². The summed E-state index contributed by atoms with van der Waals surface area (Å²) in [4.78, 5) is 0. The van der Waals surface area contributed by atoms with Crippen LogP contribution in [0.3, 0.4) is 0 Å². The van der Waals surface area contributed by atoms with Gasteiger partial charge in [-0.2, -0.15) is 0 Å². The van der Waals surface area contributed by atoms with Gasteiger partial charge in [-0.1, -0.05) is 71.6 Å². The Balaban J connectivity index is 1.44. The van der Waals surface area contributed by atoms with E-state index >= 15 is 0 Å². The zero-order valence-corrected chi connectivity index (χ0v) is 16.9. The van der Waals surface area contributed by atoms with E-state index in [-0.39, 0.29) is 0 Å². The van der Waals surface area contributed by atoms with E-state index < -0.39 is 0 Å². The fourth-order valence-electron chi connectivity index (χ4n) is 6.78. The van der Waals surface area contributed by atoms with Crippen molar-refractivity contribution in [2.24, 2.45) is 22.7 Å². The minimum absolute atomic E-state index is 0.800. The van der Waals surface area contributed by atoms with Gasteiger partial charge in [-0.15, -0.1) is 0 Å². The minimum atomic E-state index is 0.800. The van der Waals surface area contributed by atoms with E-state index in [1.807, 2.05) is 0 Å². The van der Waals surface area contributed by atoms with Crippen LogP contribution in [0.5, 0.6) is 0 Å². The molecule has 0 heteroatoms. The Morgan fingerprint density at radius 2 is 1.25 bits per heavy atom. The Labute approximate surface area is 152 Å². The second-order valence-corrected chi connectivity index (χ2v) is 10.0. The summed E-state index contributed by atoms with van der Waals surface area (Å²) in [6.45, 7) is 4.69. The molecule has 4 saturated carbocycles. The highest BCUT2D eigenvalue weighted by Gasteiger charge is 2.51. The summed E-state index contributed by atoms with van der Waals surface area (Å²) in [6.07, 6.45) is 27.7. The molecule has 0 aliphatic heterocycles. The SMILES string of the molecule is CCCCCC12CCC([C@H]3CC[C@H](CCCCC)CC3)(CC1)CC2. The third kappa shape index (κ3) is 4.21. The molecule has 0 saturated heterocycles. The largest absolute Gasteiger partial charge is 0.0654 e. The van der Waals surface area contributed by atoms with Crippen LogP contribution in [0.15, 0.2) is 0 Å². The lowest BCUT2D eigenvalue weighted by molar-refractivity contribution is -0.0655. The Morgan fingerprint density at radius 3 is 1.83 bits per heavy atom. The Morgan fingerprint density at radius 1 is 0.667 bits per heavy atom. The van der Waals surface area contributed by atoms with E-state index in [2.05, 4.69) is 13.8 Å². The molecule has 0 heterocycles. The highest BCUT2D eigenvalue weighted by Crippen LogP contribution is 2.63. The molecule has 0 unspecified atom stereocenters. The van der Waals surface area contributed by atoms with E-state index in [0.717, 1.165) is 22.7 Å². The Bertz CT molecular complexity index is 336. The monoisotopic (exact) mass is 332 g/mol. The van der Waals surface area contributed by atoms with Crippen LogP contribution >= 0.6 is 0 Å². The van der Waals surface area contributed by atoms with Crippen LogP contribution in [0.4, 0.5) is 0 Å². The molecule has 24 heavy (non-hydrogen) atoms. The van der Waals surface area contributed by atoms with Crippen molar-refractivity contribution in [2.75, 3.05) is 0 Å². The highest BCUT2D eigenvalue weighted by molar-refractivity contribution is 5.02. The van der Waals surface area contributed by atoms with E-state index in [4.69, 9.17) is 0 Å². The first-order valence-electron chi connectivity index (χ1n) is 11.7. The topological polar surface area (TPSA) is 0 Å². The molecule has 0 atom stereocenters. The maximum absolute atomic E-state index is 2.35. The summed E-state index contributed by atoms with van der Waals surface area (Å²) in [5.74, 6) is 2.19. The van der Waals surface area contributed by atoms with Gasteiger partial charge in [0.2, 0.25) is 0 Å². The number of unbranched alkanes of at least 4 members (excludes halogenated alkanes) is 4. The standard InChI is InChI=1S/C24H44/c1-3-5-7-9-21-10-12-22(13-11-21)24-18-15-23(16-19-24,17-20-24)14-8-6-4-2/h21-22H,3-20H2,1-2H3/t21-,22-,23?,24?. The number of rotatable bonds is 9. The second kappa shape index (κ2) is 8.59.